The fourth-order valence-corrected chi connectivity index (χ4v) is 10.4. The number of hydrogen-bond donors (Lipinski definition) is 1. The first-order valence-corrected chi connectivity index (χ1v) is 24.0. The molecule has 0 amide bonds. The van der Waals surface area contributed by atoms with Gasteiger partial charge >= 0.3 is 18.0 Å². The minimum Gasteiger partial charge on any atom is -0.413 e. The molecule has 0 heterocycles. The summed E-state index contributed by atoms with van der Waals surface area (Å²) in [7, 11) is -4.17. The van der Waals surface area contributed by atoms with E-state index in [4.69, 9.17) is 8.85 Å². The summed E-state index contributed by atoms with van der Waals surface area (Å²) in [5.74, 6) is 3.33. The van der Waals surface area contributed by atoms with E-state index in [2.05, 4.69) is 99.3 Å². The minimum absolute atomic E-state index is 0.0163. The van der Waals surface area contributed by atoms with Gasteiger partial charge in [0.25, 0.3) is 0 Å². The molecule has 286 valence electrons. The molecule has 11 heteroatoms. The van der Waals surface area contributed by atoms with Crippen molar-refractivity contribution in [3.8, 4) is 11.8 Å². The van der Waals surface area contributed by atoms with Crippen LogP contribution in [0.4, 0.5) is 26.3 Å². The van der Waals surface area contributed by atoms with Crippen molar-refractivity contribution in [2.24, 2.45) is 23.2 Å². The van der Waals surface area contributed by atoms with Crippen molar-refractivity contribution in [2.45, 2.75) is 173 Å². The van der Waals surface area contributed by atoms with Crippen LogP contribution in [0.1, 0.15) is 107 Å². The molecule has 3 aliphatic carbocycles. The number of rotatable bonds is 7. The van der Waals surface area contributed by atoms with Crippen molar-refractivity contribution in [3.05, 3.63) is 35.5 Å². The average Bonchev–Trinajstić information content (AvgIpc) is 3.28. The quantitative estimate of drug-likeness (QED) is 0.160. The second-order valence-corrected chi connectivity index (χ2v) is 28.1. The van der Waals surface area contributed by atoms with E-state index in [0.717, 1.165) is 62.0 Å². The molecule has 0 saturated heterocycles. The van der Waals surface area contributed by atoms with Gasteiger partial charge in [0, 0.05) is 12.8 Å². The topological polar surface area (TPSA) is 38.7 Å². The van der Waals surface area contributed by atoms with Gasteiger partial charge in [-0.15, -0.1) is 0 Å². The van der Waals surface area contributed by atoms with Gasteiger partial charge in [0.2, 0.25) is 0 Å². The van der Waals surface area contributed by atoms with Crippen LogP contribution in [0.25, 0.3) is 0 Å². The maximum absolute atomic E-state index is 13.2. The third kappa shape index (κ3) is 8.89. The molecule has 3 saturated carbocycles. The van der Waals surface area contributed by atoms with E-state index in [1.807, 2.05) is 6.92 Å². The van der Waals surface area contributed by atoms with Crippen molar-refractivity contribution in [1.82, 2.24) is 0 Å². The molecule has 0 aromatic carbocycles. The summed E-state index contributed by atoms with van der Waals surface area (Å²) in [6.45, 7) is 31.2. The van der Waals surface area contributed by atoms with Gasteiger partial charge in [-0.1, -0.05) is 85.6 Å². The van der Waals surface area contributed by atoms with Gasteiger partial charge in [0.1, 0.15) is 0 Å². The lowest BCUT2D eigenvalue weighted by molar-refractivity contribution is -0.343. The second-order valence-electron chi connectivity index (χ2n) is 18.6. The molecule has 3 rings (SSSR count). The molecule has 0 aromatic heterocycles. The summed E-state index contributed by atoms with van der Waals surface area (Å²) in [6, 6.07) is 0. The Balaban J connectivity index is 1.89. The van der Waals surface area contributed by atoms with Crippen LogP contribution in [0.3, 0.4) is 0 Å². The standard InChI is InChI=1S/C39H62F6O3Si2/c1-26(16-14-23-37(46,38(40,41)42)39(43,44)45)31-20-21-32-28(17-15-22-36(31,32)9)18-19-29-24-30(47-49(10,11)34(3,4)5)25-33(27(29)2)48-50(12,13)35(6,7)8/h18-19,26,30-33,46H,2,15-17,20-22,24-25H2,1,3-13H3/t26-,30+,31-,32+,33-,36-/m1/s1. The number of fused-ring (bicyclic) bond motifs is 1. The molecule has 1 N–H and O–H groups in total. The van der Waals surface area contributed by atoms with E-state index in [1.54, 1.807) is 0 Å². The summed E-state index contributed by atoms with van der Waals surface area (Å²) < 4.78 is 93.0. The highest BCUT2D eigenvalue weighted by molar-refractivity contribution is 6.74. The first kappa shape index (κ1) is 43.1. The Hall–Kier alpha value is -1.33. The first-order valence-electron chi connectivity index (χ1n) is 18.2. The monoisotopic (exact) mass is 748 g/mol. The molecule has 6 atom stereocenters. The maximum atomic E-state index is 13.2. The molecular weight excluding hydrogens is 687 g/mol. The molecule has 0 radical (unpaired) electrons. The van der Waals surface area contributed by atoms with E-state index < -0.39 is 34.6 Å². The van der Waals surface area contributed by atoms with Gasteiger partial charge in [-0.2, -0.15) is 26.3 Å². The molecule has 3 aliphatic rings. The van der Waals surface area contributed by atoms with Crippen LogP contribution in [0, 0.1) is 35.0 Å². The zero-order valence-electron chi connectivity index (χ0n) is 32.4. The van der Waals surface area contributed by atoms with Crippen LogP contribution < -0.4 is 0 Å². The van der Waals surface area contributed by atoms with E-state index in [0.29, 0.717) is 0 Å². The first-order chi connectivity index (χ1) is 22.4. The molecule has 0 spiro atoms. The van der Waals surface area contributed by atoms with Crippen LogP contribution in [-0.4, -0.2) is 51.9 Å². The van der Waals surface area contributed by atoms with Gasteiger partial charge in [-0.3, -0.25) is 0 Å². The highest BCUT2D eigenvalue weighted by Crippen LogP contribution is 2.60. The van der Waals surface area contributed by atoms with Gasteiger partial charge in [-0.05, 0) is 115 Å². The molecule has 3 fully saturated rings. The number of halogens is 6. The fourth-order valence-electron chi connectivity index (χ4n) is 7.76. The number of allylic oxidation sites excluding steroid dienone is 3. The largest absolute Gasteiger partial charge is 0.438 e. The molecular formula is C39H62F6O3Si2. The zero-order chi connectivity index (χ0) is 38.5. The van der Waals surface area contributed by atoms with Crippen LogP contribution in [0.5, 0.6) is 0 Å². The van der Waals surface area contributed by atoms with E-state index >= 15 is 0 Å². The summed E-state index contributed by atoms with van der Waals surface area (Å²) in [5, 5.41) is 9.59. The average molecular weight is 749 g/mol. The Labute approximate surface area is 300 Å². The predicted molar refractivity (Wildman–Crippen MR) is 195 cm³/mol. The Morgan fingerprint density at radius 2 is 1.46 bits per heavy atom. The van der Waals surface area contributed by atoms with Crippen molar-refractivity contribution >= 4 is 16.6 Å². The second kappa shape index (κ2) is 14.5. The predicted octanol–water partition coefficient (Wildman–Crippen LogP) is 12.1. The molecule has 0 bridgehead atoms. The van der Waals surface area contributed by atoms with Gasteiger partial charge in [0.05, 0.1) is 12.2 Å². The highest BCUT2D eigenvalue weighted by Gasteiger charge is 2.70. The molecule has 3 nitrogen and oxygen atoms in total. The Morgan fingerprint density at radius 1 is 0.920 bits per heavy atom. The number of aliphatic hydroxyl groups is 1. The lowest BCUT2D eigenvalue weighted by atomic mass is 9.61. The Kier molecular flexibility index (Phi) is 12.5. The smallest absolute Gasteiger partial charge is 0.413 e. The minimum atomic E-state index is -5.94. The Morgan fingerprint density at radius 3 is 1.98 bits per heavy atom. The molecule has 0 aliphatic heterocycles. The molecule has 0 aromatic rings. The summed E-state index contributed by atoms with van der Waals surface area (Å²) in [5.41, 5.74) is -1.71. The summed E-state index contributed by atoms with van der Waals surface area (Å²) in [4.78, 5) is 0. The van der Waals surface area contributed by atoms with Crippen LogP contribution in [-0.2, 0) is 8.85 Å². The van der Waals surface area contributed by atoms with Gasteiger partial charge < -0.3 is 14.0 Å². The normalized spacial score (nSPS) is 29.9. The SMILES string of the molecule is C=C1C(=CC=C2CCC[C@]3(C)[C@@H]([C@H](C)CC#CC(O)(C(F)(F)F)C(F)(F)F)CC[C@@H]23)C[C@H](O[Si](C)(C)C(C)(C)C)C[C@H]1O[Si](C)(C)C(C)(C)C. The van der Waals surface area contributed by atoms with E-state index in [-0.39, 0.29) is 51.9 Å². The van der Waals surface area contributed by atoms with E-state index in [9.17, 15) is 31.4 Å². The van der Waals surface area contributed by atoms with Gasteiger partial charge in [-0.25, -0.2) is 0 Å². The van der Waals surface area contributed by atoms with E-state index in [1.165, 1.54) is 5.57 Å². The fraction of sp³-hybridized carbons (Fsp3) is 0.795. The van der Waals surface area contributed by atoms with Crippen LogP contribution in [0.2, 0.25) is 36.3 Å². The van der Waals surface area contributed by atoms with Crippen LogP contribution >= 0.6 is 0 Å². The Bertz CT molecular complexity index is 1360. The number of alkyl halides is 6. The lowest BCUT2D eigenvalue weighted by Gasteiger charge is -2.45. The van der Waals surface area contributed by atoms with Crippen molar-refractivity contribution in [1.29, 1.82) is 0 Å². The van der Waals surface area contributed by atoms with Crippen molar-refractivity contribution < 1.29 is 40.3 Å². The summed E-state index contributed by atoms with van der Waals surface area (Å²) >= 11 is 0. The maximum Gasteiger partial charge on any atom is 0.438 e. The number of hydrogen-bond acceptors (Lipinski definition) is 3. The summed E-state index contributed by atoms with van der Waals surface area (Å²) in [6.07, 6.45) is -1.62. The third-order valence-corrected chi connectivity index (χ3v) is 22.0. The zero-order valence-corrected chi connectivity index (χ0v) is 34.4. The highest BCUT2D eigenvalue weighted by atomic mass is 28.4. The van der Waals surface area contributed by atoms with Crippen molar-refractivity contribution in [3.63, 3.8) is 0 Å². The lowest BCUT2D eigenvalue weighted by Crippen LogP contribution is -2.55. The molecule has 50 heavy (non-hydrogen) atoms. The van der Waals surface area contributed by atoms with Crippen molar-refractivity contribution in [2.75, 3.05) is 0 Å². The van der Waals surface area contributed by atoms with Gasteiger partial charge in [0.15, 0.2) is 16.6 Å². The third-order valence-electron chi connectivity index (χ3n) is 13.0. The van der Waals surface area contributed by atoms with Crippen LogP contribution in [0.15, 0.2) is 35.5 Å². The molecule has 0 unspecified atom stereocenters.